The van der Waals surface area contributed by atoms with E-state index < -0.39 is 0 Å². The van der Waals surface area contributed by atoms with Crippen LogP contribution in [0.4, 0.5) is 0 Å². The van der Waals surface area contributed by atoms with E-state index in [9.17, 15) is 4.79 Å². The molecule has 2 rings (SSSR count). The first kappa shape index (κ1) is 10.4. The number of furan rings is 1. The zero-order valence-corrected chi connectivity index (χ0v) is 8.96. The van der Waals surface area contributed by atoms with Gasteiger partial charge in [0.1, 0.15) is 5.69 Å². The van der Waals surface area contributed by atoms with E-state index in [1.165, 1.54) is 10.7 Å². The van der Waals surface area contributed by atoms with Crippen molar-refractivity contribution in [1.29, 1.82) is 0 Å². The Hall–Kier alpha value is -2.10. The normalized spacial score (nSPS) is 11.1. The monoisotopic (exact) mass is 216 g/mol. The number of hydrogen-bond acceptors (Lipinski definition) is 3. The molecule has 0 aliphatic rings. The van der Waals surface area contributed by atoms with Crippen LogP contribution in [0.3, 0.4) is 0 Å². The van der Waals surface area contributed by atoms with Crippen molar-refractivity contribution in [3.05, 3.63) is 53.0 Å². The molecule has 0 amide bonds. The van der Waals surface area contributed by atoms with Gasteiger partial charge in [-0.15, -0.1) is 0 Å². The molecular weight excluding hydrogens is 204 g/mol. The summed E-state index contributed by atoms with van der Waals surface area (Å²) in [7, 11) is 0. The molecule has 0 unspecified atom stereocenters. The Balaban J connectivity index is 2.39. The lowest BCUT2D eigenvalue weighted by Gasteiger charge is -2.02. The third-order valence-corrected chi connectivity index (χ3v) is 2.15. The Kier molecular flexibility index (Phi) is 3.00. The molecule has 2 aromatic heterocycles. The second-order valence-electron chi connectivity index (χ2n) is 3.29. The first-order chi connectivity index (χ1) is 7.81. The van der Waals surface area contributed by atoms with Gasteiger partial charge < -0.3 is 4.42 Å². The number of allylic oxidation sites excluding steroid dienone is 2. The molecule has 0 spiro atoms. The van der Waals surface area contributed by atoms with Crippen molar-refractivity contribution >= 4 is 0 Å². The average Bonchev–Trinajstić information content (AvgIpc) is 2.81. The minimum Gasteiger partial charge on any atom is -0.463 e. The van der Waals surface area contributed by atoms with Gasteiger partial charge in [-0.25, -0.2) is 4.68 Å². The van der Waals surface area contributed by atoms with Gasteiger partial charge in [-0.05, 0) is 25.1 Å². The second kappa shape index (κ2) is 4.61. The van der Waals surface area contributed by atoms with Crippen LogP contribution in [-0.2, 0) is 6.54 Å². The molecule has 2 heterocycles. The van der Waals surface area contributed by atoms with Crippen LogP contribution in [-0.4, -0.2) is 9.78 Å². The molecule has 0 aromatic carbocycles. The summed E-state index contributed by atoms with van der Waals surface area (Å²) in [5.74, 6) is 0.661. The zero-order valence-electron chi connectivity index (χ0n) is 8.96. The van der Waals surface area contributed by atoms with E-state index in [4.69, 9.17) is 4.42 Å². The lowest BCUT2D eigenvalue weighted by Crippen LogP contribution is -2.21. The largest absolute Gasteiger partial charge is 0.463 e. The highest BCUT2D eigenvalue weighted by atomic mass is 16.3. The summed E-state index contributed by atoms with van der Waals surface area (Å²) >= 11 is 0. The summed E-state index contributed by atoms with van der Waals surface area (Å²) in [5, 5.41) is 4.21. The van der Waals surface area contributed by atoms with E-state index in [2.05, 4.69) is 5.10 Å². The summed E-state index contributed by atoms with van der Waals surface area (Å²) in [4.78, 5) is 11.5. The SMILES string of the molecule is C/C=C/Cn1nc(-c2ccco2)ccc1=O. The van der Waals surface area contributed by atoms with Gasteiger partial charge in [-0.1, -0.05) is 12.2 Å². The number of nitrogens with zero attached hydrogens (tertiary/aromatic N) is 2. The van der Waals surface area contributed by atoms with E-state index in [0.717, 1.165) is 0 Å². The Morgan fingerprint density at radius 1 is 1.44 bits per heavy atom. The van der Waals surface area contributed by atoms with E-state index in [1.807, 2.05) is 25.1 Å². The zero-order chi connectivity index (χ0) is 11.4. The third-order valence-electron chi connectivity index (χ3n) is 2.15. The fraction of sp³-hybridized carbons (Fsp3) is 0.167. The Bertz CT molecular complexity index is 538. The molecule has 0 saturated carbocycles. The molecule has 4 heteroatoms. The van der Waals surface area contributed by atoms with Crippen molar-refractivity contribution in [2.45, 2.75) is 13.5 Å². The summed E-state index contributed by atoms with van der Waals surface area (Å²) in [6.45, 7) is 2.38. The molecular formula is C12H12N2O2. The van der Waals surface area contributed by atoms with E-state index in [-0.39, 0.29) is 5.56 Å². The molecule has 16 heavy (non-hydrogen) atoms. The molecule has 0 aliphatic heterocycles. The molecule has 0 N–H and O–H groups in total. The van der Waals surface area contributed by atoms with Crippen molar-refractivity contribution in [3.63, 3.8) is 0 Å². The standard InChI is InChI=1S/C12H12N2O2/c1-2-3-8-14-12(15)7-6-10(13-14)11-5-4-9-16-11/h2-7,9H,8H2,1H3/b3-2+. The Morgan fingerprint density at radius 2 is 2.31 bits per heavy atom. The topological polar surface area (TPSA) is 48.0 Å². The first-order valence-corrected chi connectivity index (χ1v) is 5.04. The van der Waals surface area contributed by atoms with E-state index in [1.54, 1.807) is 18.4 Å². The highest BCUT2D eigenvalue weighted by Gasteiger charge is 2.04. The smallest absolute Gasteiger partial charge is 0.267 e. The predicted octanol–water partition coefficient (Wildman–Crippen LogP) is 2.08. The Morgan fingerprint density at radius 3 is 3.00 bits per heavy atom. The Labute approximate surface area is 92.8 Å². The van der Waals surface area contributed by atoms with Gasteiger partial charge in [-0.3, -0.25) is 4.79 Å². The molecule has 0 atom stereocenters. The average molecular weight is 216 g/mol. The van der Waals surface area contributed by atoms with Crippen LogP contribution in [0.5, 0.6) is 0 Å². The molecule has 0 aliphatic carbocycles. The summed E-state index contributed by atoms with van der Waals surface area (Å²) in [5.41, 5.74) is 0.544. The van der Waals surface area contributed by atoms with Crippen LogP contribution >= 0.6 is 0 Å². The minimum absolute atomic E-state index is 0.117. The summed E-state index contributed by atoms with van der Waals surface area (Å²) < 4.78 is 6.62. The lowest BCUT2D eigenvalue weighted by molar-refractivity contribution is 0.570. The van der Waals surface area contributed by atoms with Gasteiger partial charge in [0.25, 0.3) is 5.56 Å². The molecule has 0 bridgehead atoms. The van der Waals surface area contributed by atoms with Gasteiger partial charge in [0.05, 0.1) is 12.8 Å². The van der Waals surface area contributed by atoms with Gasteiger partial charge >= 0.3 is 0 Å². The van der Waals surface area contributed by atoms with Crippen molar-refractivity contribution < 1.29 is 4.42 Å². The maximum absolute atomic E-state index is 11.5. The molecule has 4 nitrogen and oxygen atoms in total. The van der Waals surface area contributed by atoms with Crippen molar-refractivity contribution in [2.75, 3.05) is 0 Å². The predicted molar refractivity (Wildman–Crippen MR) is 61.0 cm³/mol. The highest BCUT2D eigenvalue weighted by molar-refractivity contribution is 5.50. The van der Waals surface area contributed by atoms with Crippen LogP contribution in [0.15, 0.2) is 51.9 Å². The van der Waals surface area contributed by atoms with Gasteiger partial charge in [-0.2, -0.15) is 5.10 Å². The molecule has 2 aromatic rings. The van der Waals surface area contributed by atoms with Gasteiger partial charge in [0.15, 0.2) is 5.76 Å². The van der Waals surface area contributed by atoms with Crippen LogP contribution in [0.2, 0.25) is 0 Å². The van der Waals surface area contributed by atoms with Crippen LogP contribution in [0.25, 0.3) is 11.5 Å². The summed E-state index contributed by atoms with van der Waals surface area (Å²) in [6.07, 6.45) is 5.34. The fourth-order valence-corrected chi connectivity index (χ4v) is 1.34. The maximum Gasteiger partial charge on any atom is 0.267 e. The number of rotatable bonds is 3. The number of hydrogen-bond donors (Lipinski definition) is 0. The van der Waals surface area contributed by atoms with Crippen LogP contribution in [0, 0.1) is 0 Å². The maximum atomic E-state index is 11.5. The van der Waals surface area contributed by atoms with Crippen LogP contribution < -0.4 is 5.56 Å². The highest BCUT2D eigenvalue weighted by Crippen LogP contribution is 2.14. The molecule has 0 fully saturated rings. The first-order valence-electron chi connectivity index (χ1n) is 5.04. The quantitative estimate of drug-likeness (QED) is 0.738. The summed E-state index contributed by atoms with van der Waals surface area (Å²) in [6, 6.07) is 6.76. The third kappa shape index (κ3) is 2.11. The van der Waals surface area contributed by atoms with Crippen molar-refractivity contribution in [3.8, 4) is 11.5 Å². The van der Waals surface area contributed by atoms with Gasteiger partial charge in [0.2, 0.25) is 0 Å². The van der Waals surface area contributed by atoms with Crippen molar-refractivity contribution in [1.82, 2.24) is 9.78 Å². The fourth-order valence-electron chi connectivity index (χ4n) is 1.34. The molecule has 82 valence electrons. The van der Waals surface area contributed by atoms with Crippen LogP contribution in [0.1, 0.15) is 6.92 Å². The lowest BCUT2D eigenvalue weighted by atomic mass is 10.3. The van der Waals surface area contributed by atoms with Crippen molar-refractivity contribution in [2.24, 2.45) is 0 Å². The van der Waals surface area contributed by atoms with E-state index in [0.29, 0.717) is 18.0 Å². The van der Waals surface area contributed by atoms with E-state index >= 15 is 0 Å². The number of aromatic nitrogens is 2. The van der Waals surface area contributed by atoms with Gasteiger partial charge in [0, 0.05) is 6.07 Å². The molecule has 0 radical (unpaired) electrons. The molecule has 0 saturated heterocycles. The minimum atomic E-state index is -0.117. The second-order valence-corrected chi connectivity index (χ2v) is 3.29.